The predicted molar refractivity (Wildman–Crippen MR) is 129 cm³/mol. The Morgan fingerprint density at radius 3 is 2.78 bits per heavy atom. The first-order chi connectivity index (χ1) is 15.5. The van der Waals surface area contributed by atoms with Crippen molar-refractivity contribution in [3.63, 3.8) is 0 Å². The van der Waals surface area contributed by atoms with Crippen molar-refractivity contribution in [1.82, 2.24) is 9.88 Å². The van der Waals surface area contributed by atoms with Gasteiger partial charge in [-0.1, -0.05) is 36.4 Å². The highest BCUT2D eigenvalue weighted by Crippen LogP contribution is 2.51. The molecule has 0 amide bonds. The van der Waals surface area contributed by atoms with Crippen LogP contribution in [0.2, 0.25) is 0 Å². The molecule has 2 bridgehead atoms. The smallest absolute Gasteiger partial charge is 0.226 e. The molecule has 1 N–H and O–H groups in total. The molecular formula is C28H34N2O2. The van der Waals surface area contributed by atoms with Crippen molar-refractivity contribution in [3.05, 3.63) is 71.6 Å². The van der Waals surface area contributed by atoms with E-state index in [0.29, 0.717) is 5.92 Å². The monoisotopic (exact) mass is 430 g/mol. The van der Waals surface area contributed by atoms with Gasteiger partial charge in [0.15, 0.2) is 0 Å². The van der Waals surface area contributed by atoms with Gasteiger partial charge >= 0.3 is 0 Å². The summed E-state index contributed by atoms with van der Waals surface area (Å²) in [4.78, 5) is 6.81. The molecule has 0 radical (unpaired) electrons. The first kappa shape index (κ1) is 21.4. The number of rotatable bonds is 8. The number of allylic oxidation sites excluding steroid dienone is 1. The van der Waals surface area contributed by atoms with Crippen molar-refractivity contribution in [2.45, 2.75) is 51.0 Å². The first-order valence-corrected chi connectivity index (χ1v) is 12.0. The minimum Gasteiger partial charge on any atom is -0.443 e. The zero-order chi connectivity index (χ0) is 22.1. The maximum Gasteiger partial charge on any atom is 0.226 e. The molecule has 32 heavy (non-hydrogen) atoms. The van der Waals surface area contributed by atoms with Gasteiger partial charge in [0.25, 0.3) is 0 Å². The van der Waals surface area contributed by atoms with E-state index >= 15 is 0 Å². The van der Waals surface area contributed by atoms with Crippen LogP contribution >= 0.6 is 0 Å². The molecule has 3 aromatic rings. The number of furan rings is 1. The van der Waals surface area contributed by atoms with Crippen molar-refractivity contribution in [2.75, 3.05) is 20.1 Å². The predicted octanol–water partition coefficient (Wildman–Crippen LogP) is 5.64. The molecule has 3 aliphatic rings. The van der Waals surface area contributed by atoms with Gasteiger partial charge in [0, 0.05) is 24.0 Å². The van der Waals surface area contributed by atoms with E-state index in [-0.39, 0.29) is 5.92 Å². The lowest BCUT2D eigenvalue weighted by Crippen LogP contribution is -2.48. The Kier molecular flexibility index (Phi) is 5.92. The van der Waals surface area contributed by atoms with Gasteiger partial charge in [0.2, 0.25) is 5.71 Å². The van der Waals surface area contributed by atoms with Crippen molar-refractivity contribution in [1.29, 1.82) is 0 Å². The highest BCUT2D eigenvalue weighted by atomic mass is 16.3. The van der Waals surface area contributed by atoms with Gasteiger partial charge < -0.3 is 14.4 Å². The molecular weight excluding hydrogens is 396 g/mol. The third kappa shape index (κ3) is 4.39. The van der Waals surface area contributed by atoms with Crippen LogP contribution in [0.15, 0.2) is 59.2 Å². The Labute approximate surface area is 191 Å². The topological polar surface area (TPSA) is 49.5 Å². The zero-order valence-electron chi connectivity index (χ0n) is 19.3. The Hall–Kier alpha value is -2.43. The van der Waals surface area contributed by atoms with E-state index in [0.717, 1.165) is 62.1 Å². The second-order valence-corrected chi connectivity index (χ2v) is 9.93. The van der Waals surface area contributed by atoms with Crippen molar-refractivity contribution in [2.24, 2.45) is 11.8 Å². The summed E-state index contributed by atoms with van der Waals surface area (Å²) in [6.45, 7) is 3.92. The molecule has 3 atom stereocenters. The molecule has 168 valence electrons. The Bertz CT molecular complexity index is 1100. The van der Waals surface area contributed by atoms with E-state index in [2.05, 4.69) is 59.4 Å². The average Bonchev–Trinajstić information content (AvgIpc) is 3.18. The van der Waals surface area contributed by atoms with Gasteiger partial charge in [-0.2, -0.15) is 0 Å². The van der Waals surface area contributed by atoms with Crippen LogP contribution in [0.3, 0.4) is 0 Å². The van der Waals surface area contributed by atoms with Gasteiger partial charge in [-0.05, 0) is 93.8 Å². The summed E-state index contributed by atoms with van der Waals surface area (Å²) < 4.78 is 5.57. The molecule has 4 heteroatoms. The van der Waals surface area contributed by atoms with Gasteiger partial charge in [-0.15, -0.1) is 0 Å². The number of hydrogen-bond donors (Lipinski definition) is 1. The number of fused-ring (bicyclic) bond motifs is 3. The molecule has 2 aromatic heterocycles. The minimum absolute atomic E-state index is 0.285. The summed E-state index contributed by atoms with van der Waals surface area (Å²) in [6, 6.07) is 15.0. The van der Waals surface area contributed by atoms with E-state index in [1.54, 1.807) is 0 Å². The molecule has 2 unspecified atom stereocenters. The van der Waals surface area contributed by atoms with Crippen molar-refractivity contribution < 1.29 is 9.52 Å². The molecule has 3 aliphatic carbocycles. The molecule has 1 aromatic carbocycles. The Morgan fingerprint density at radius 1 is 1.16 bits per heavy atom. The van der Waals surface area contributed by atoms with Crippen LogP contribution in [-0.2, 0) is 6.42 Å². The molecule has 0 spiro atoms. The van der Waals surface area contributed by atoms with Crippen LogP contribution < -0.4 is 0 Å². The number of pyridine rings is 1. The SMILES string of the molecule is Cc1cc2cc(CCCN(C)CCC3(O)CC4CC[C@H]3C=C4c3ccccc3)cnc2o1. The molecule has 0 saturated heterocycles. The van der Waals surface area contributed by atoms with E-state index in [1.807, 2.05) is 19.2 Å². The fraction of sp³-hybridized carbons (Fsp3) is 0.464. The van der Waals surface area contributed by atoms with Crippen LogP contribution in [0.1, 0.15) is 49.0 Å². The largest absolute Gasteiger partial charge is 0.443 e. The average molecular weight is 431 g/mol. The Morgan fingerprint density at radius 2 is 2.00 bits per heavy atom. The quantitative estimate of drug-likeness (QED) is 0.503. The molecule has 6 rings (SSSR count). The minimum atomic E-state index is -0.552. The van der Waals surface area contributed by atoms with Crippen LogP contribution in [0.5, 0.6) is 0 Å². The van der Waals surface area contributed by atoms with Crippen LogP contribution in [-0.4, -0.2) is 40.7 Å². The van der Waals surface area contributed by atoms with Gasteiger partial charge in [0.1, 0.15) is 5.76 Å². The molecule has 4 nitrogen and oxygen atoms in total. The lowest BCUT2D eigenvalue weighted by atomic mass is 9.61. The number of aliphatic hydroxyl groups is 1. The van der Waals surface area contributed by atoms with Gasteiger partial charge in [0.05, 0.1) is 5.60 Å². The van der Waals surface area contributed by atoms with E-state index in [4.69, 9.17) is 4.42 Å². The second-order valence-electron chi connectivity index (χ2n) is 9.93. The van der Waals surface area contributed by atoms with Gasteiger partial charge in [-0.25, -0.2) is 4.98 Å². The summed E-state index contributed by atoms with van der Waals surface area (Å²) in [7, 11) is 2.18. The second kappa shape index (κ2) is 8.84. The molecule has 1 saturated carbocycles. The number of nitrogens with zero attached hydrogens (tertiary/aromatic N) is 2. The fourth-order valence-corrected chi connectivity index (χ4v) is 5.73. The molecule has 2 heterocycles. The fourth-order valence-electron chi connectivity index (χ4n) is 5.73. The highest BCUT2D eigenvalue weighted by molar-refractivity contribution is 5.74. The van der Waals surface area contributed by atoms with Crippen LogP contribution in [0, 0.1) is 18.8 Å². The summed E-state index contributed by atoms with van der Waals surface area (Å²) in [6.07, 6.45) is 10.5. The van der Waals surface area contributed by atoms with Crippen LogP contribution in [0.4, 0.5) is 0 Å². The molecule has 1 fully saturated rings. The zero-order valence-corrected chi connectivity index (χ0v) is 19.3. The van der Waals surface area contributed by atoms with E-state index in [1.165, 1.54) is 23.1 Å². The summed E-state index contributed by atoms with van der Waals surface area (Å²) in [5.74, 6) is 1.68. The maximum atomic E-state index is 11.5. The number of aryl methyl sites for hydroxylation is 2. The number of hydrogen-bond acceptors (Lipinski definition) is 4. The summed E-state index contributed by atoms with van der Waals surface area (Å²) in [5, 5.41) is 12.6. The summed E-state index contributed by atoms with van der Waals surface area (Å²) >= 11 is 0. The normalized spacial score (nSPS) is 24.9. The lowest BCUT2D eigenvalue weighted by Gasteiger charge is -2.48. The summed E-state index contributed by atoms with van der Waals surface area (Å²) in [5.41, 5.74) is 4.22. The number of aromatic nitrogens is 1. The van der Waals surface area contributed by atoms with Crippen molar-refractivity contribution in [3.8, 4) is 0 Å². The van der Waals surface area contributed by atoms with Gasteiger partial charge in [-0.3, -0.25) is 0 Å². The lowest BCUT2D eigenvalue weighted by molar-refractivity contribution is -0.0574. The third-order valence-electron chi connectivity index (χ3n) is 7.53. The Balaban J connectivity index is 1.13. The molecule has 0 aliphatic heterocycles. The number of benzene rings is 1. The van der Waals surface area contributed by atoms with E-state index < -0.39 is 5.60 Å². The van der Waals surface area contributed by atoms with E-state index in [9.17, 15) is 5.11 Å². The third-order valence-corrected chi connectivity index (χ3v) is 7.53. The van der Waals surface area contributed by atoms with Crippen molar-refractivity contribution >= 4 is 16.7 Å². The maximum absolute atomic E-state index is 11.5. The van der Waals surface area contributed by atoms with Crippen LogP contribution in [0.25, 0.3) is 16.7 Å². The first-order valence-electron chi connectivity index (χ1n) is 12.0. The highest BCUT2D eigenvalue weighted by Gasteiger charge is 2.46. The standard InChI is InChI=1S/C28H34N2O2/c1-20-15-24-16-21(19-29-27(24)32-20)7-6-13-30(2)14-12-28(31)18-23-10-11-25(28)17-26(23)22-8-4-3-5-9-22/h3-5,8-9,15-17,19,23,25,31H,6-7,10-14,18H2,1-2H3/t23?,25-,28?/m0/s1.